The number of aliphatic hydroxyl groups is 1. The van der Waals surface area contributed by atoms with Gasteiger partial charge < -0.3 is 19.9 Å². The van der Waals surface area contributed by atoms with Crippen molar-refractivity contribution in [2.24, 2.45) is 0 Å². The van der Waals surface area contributed by atoms with Crippen LogP contribution in [0.25, 0.3) is 0 Å². The third-order valence-electron chi connectivity index (χ3n) is 3.44. The quantitative estimate of drug-likeness (QED) is 0.662. The number of aliphatic hydroxyl groups excluding tert-OH is 1. The fourth-order valence-corrected chi connectivity index (χ4v) is 2.56. The van der Waals surface area contributed by atoms with E-state index in [0.29, 0.717) is 5.56 Å². The zero-order valence-electron chi connectivity index (χ0n) is 12.7. The summed E-state index contributed by atoms with van der Waals surface area (Å²) in [5.41, 5.74) is -0.504. The maximum atomic E-state index is 14.2. The van der Waals surface area contributed by atoms with Crippen LogP contribution in [0.4, 0.5) is 10.2 Å². The number of rotatable bonds is 4. The third kappa shape index (κ3) is 4.03. The molecule has 0 saturated carbocycles. The highest BCUT2D eigenvalue weighted by atomic mass is 127. The molecule has 0 radical (unpaired) electrons. The van der Waals surface area contributed by atoms with E-state index in [0.717, 1.165) is 14.3 Å². The average molecular weight is 461 g/mol. The van der Waals surface area contributed by atoms with Gasteiger partial charge in [-0.25, -0.2) is 9.18 Å². The second-order valence-electron chi connectivity index (χ2n) is 5.12. The standard InChI is InChI=1S/C15H13FIN3O5/c16-10-5-20(11-7-24-12(6-21)25-11)15(23)19-13(10)18-14(22)8-1-3-9(17)4-2-8/h1-5,11-12,21H,6-7H2,(H,18,19,22,23)/t11-,12-/m1/s1. The third-order valence-corrected chi connectivity index (χ3v) is 4.16. The number of hydrogen-bond donors (Lipinski definition) is 2. The minimum atomic E-state index is -0.896. The fraction of sp³-hybridized carbons (Fsp3) is 0.267. The Balaban J connectivity index is 1.79. The van der Waals surface area contributed by atoms with Crippen molar-refractivity contribution in [2.75, 3.05) is 18.5 Å². The number of ether oxygens (including phenoxy) is 2. The van der Waals surface area contributed by atoms with Crippen molar-refractivity contribution in [3.63, 3.8) is 0 Å². The van der Waals surface area contributed by atoms with Crippen LogP contribution < -0.4 is 11.0 Å². The first-order chi connectivity index (χ1) is 12.0. The Bertz CT molecular complexity index is 842. The zero-order chi connectivity index (χ0) is 18.0. The van der Waals surface area contributed by atoms with Gasteiger partial charge in [-0.1, -0.05) is 0 Å². The van der Waals surface area contributed by atoms with Gasteiger partial charge in [-0.05, 0) is 46.9 Å². The molecule has 1 aromatic heterocycles. The topological polar surface area (TPSA) is 103 Å². The average Bonchev–Trinajstić information content (AvgIpc) is 3.07. The highest BCUT2D eigenvalue weighted by Gasteiger charge is 2.28. The van der Waals surface area contributed by atoms with Gasteiger partial charge in [0, 0.05) is 9.13 Å². The Morgan fingerprint density at radius 1 is 1.44 bits per heavy atom. The van der Waals surface area contributed by atoms with Crippen LogP contribution in [-0.2, 0) is 9.47 Å². The van der Waals surface area contributed by atoms with Crippen molar-refractivity contribution in [1.82, 2.24) is 9.55 Å². The summed E-state index contributed by atoms with van der Waals surface area (Å²) in [7, 11) is 0. The van der Waals surface area contributed by atoms with Crippen molar-refractivity contribution in [3.8, 4) is 0 Å². The minimum Gasteiger partial charge on any atom is -0.391 e. The molecule has 1 aliphatic rings. The van der Waals surface area contributed by atoms with Crippen LogP contribution in [0.5, 0.6) is 0 Å². The van der Waals surface area contributed by atoms with Crippen LogP contribution in [0.2, 0.25) is 0 Å². The van der Waals surface area contributed by atoms with Gasteiger partial charge in [0.15, 0.2) is 24.2 Å². The maximum absolute atomic E-state index is 14.2. The van der Waals surface area contributed by atoms with Crippen molar-refractivity contribution in [3.05, 3.63) is 55.9 Å². The van der Waals surface area contributed by atoms with Gasteiger partial charge in [0.25, 0.3) is 5.91 Å². The normalized spacial score (nSPS) is 19.8. The van der Waals surface area contributed by atoms with E-state index < -0.39 is 35.7 Å². The molecule has 2 aromatic rings. The van der Waals surface area contributed by atoms with E-state index >= 15 is 0 Å². The fourth-order valence-electron chi connectivity index (χ4n) is 2.21. The van der Waals surface area contributed by atoms with Crippen molar-refractivity contribution in [2.45, 2.75) is 12.5 Å². The molecule has 0 unspecified atom stereocenters. The molecule has 2 heterocycles. The molecule has 8 nitrogen and oxygen atoms in total. The Morgan fingerprint density at radius 2 is 2.16 bits per heavy atom. The molecular formula is C15H13FIN3O5. The zero-order valence-corrected chi connectivity index (χ0v) is 14.8. The molecule has 1 aliphatic heterocycles. The van der Waals surface area contributed by atoms with Gasteiger partial charge in [-0.2, -0.15) is 4.98 Å². The van der Waals surface area contributed by atoms with Gasteiger partial charge in [-0.3, -0.25) is 9.36 Å². The number of hydrogen-bond acceptors (Lipinski definition) is 6. The van der Waals surface area contributed by atoms with Crippen LogP contribution >= 0.6 is 22.6 Å². The minimum absolute atomic E-state index is 0.0272. The van der Waals surface area contributed by atoms with Crippen LogP contribution in [0.3, 0.4) is 0 Å². The molecule has 1 amide bonds. The van der Waals surface area contributed by atoms with Gasteiger partial charge in [-0.15, -0.1) is 0 Å². The molecule has 0 aliphatic carbocycles. The summed E-state index contributed by atoms with van der Waals surface area (Å²) < 4.78 is 26.4. The second-order valence-corrected chi connectivity index (χ2v) is 6.37. The molecule has 132 valence electrons. The largest absolute Gasteiger partial charge is 0.391 e. The summed E-state index contributed by atoms with van der Waals surface area (Å²) in [5, 5.41) is 11.2. The maximum Gasteiger partial charge on any atom is 0.351 e. The number of nitrogens with zero attached hydrogens (tertiary/aromatic N) is 2. The molecule has 3 rings (SSSR count). The molecule has 1 saturated heterocycles. The molecule has 0 bridgehead atoms. The number of carbonyl (C=O) groups excluding carboxylic acids is 1. The van der Waals surface area contributed by atoms with Crippen LogP contribution in [-0.4, -0.2) is 40.1 Å². The summed E-state index contributed by atoms with van der Waals surface area (Å²) >= 11 is 2.09. The van der Waals surface area contributed by atoms with Gasteiger partial charge in [0.2, 0.25) is 0 Å². The summed E-state index contributed by atoms with van der Waals surface area (Å²) in [6.45, 7) is -0.411. The van der Waals surface area contributed by atoms with Gasteiger partial charge >= 0.3 is 5.69 Å². The summed E-state index contributed by atoms with van der Waals surface area (Å²) in [5.74, 6) is -1.95. The van der Waals surface area contributed by atoms with E-state index in [1.807, 2.05) is 0 Å². The monoisotopic (exact) mass is 461 g/mol. The number of halogens is 2. The first-order valence-electron chi connectivity index (χ1n) is 7.21. The lowest BCUT2D eigenvalue weighted by Gasteiger charge is -2.13. The summed E-state index contributed by atoms with van der Waals surface area (Å²) in [4.78, 5) is 27.7. The van der Waals surface area contributed by atoms with Gasteiger partial charge in [0.1, 0.15) is 0 Å². The van der Waals surface area contributed by atoms with Crippen molar-refractivity contribution < 1.29 is 23.8 Å². The number of amides is 1. The molecule has 2 N–H and O–H groups in total. The molecule has 1 aromatic carbocycles. The van der Waals surface area contributed by atoms with Gasteiger partial charge in [0.05, 0.1) is 19.4 Å². The van der Waals surface area contributed by atoms with Crippen molar-refractivity contribution in [1.29, 1.82) is 0 Å². The second kappa shape index (κ2) is 7.56. The number of nitrogens with one attached hydrogen (secondary N) is 1. The predicted molar refractivity (Wildman–Crippen MR) is 92.5 cm³/mol. The Labute approximate surface area is 154 Å². The highest BCUT2D eigenvalue weighted by molar-refractivity contribution is 14.1. The Morgan fingerprint density at radius 3 is 2.80 bits per heavy atom. The Kier molecular flexibility index (Phi) is 5.42. The molecule has 1 fully saturated rings. The van der Waals surface area contributed by atoms with E-state index in [9.17, 15) is 14.0 Å². The first-order valence-corrected chi connectivity index (χ1v) is 8.29. The highest BCUT2D eigenvalue weighted by Crippen LogP contribution is 2.20. The van der Waals surface area contributed by atoms with Crippen LogP contribution in [0.1, 0.15) is 16.6 Å². The lowest BCUT2D eigenvalue weighted by molar-refractivity contribution is -0.0993. The number of benzene rings is 1. The van der Waals surface area contributed by atoms with Crippen LogP contribution in [0.15, 0.2) is 35.3 Å². The molecule has 2 atom stereocenters. The first kappa shape index (κ1) is 17.9. The number of carbonyl (C=O) groups is 1. The van der Waals surface area contributed by atoms with E-state index in [1.165, 1.54) is 0 Å². The molecule has 25 heavy (non-hydrogen) atoms. The molecule has 0 spiro atoms. The Hall–Kier alpha value is -1.89. The number of anilines is 1. The smallest absolute Gasteiger partial charge is 0.351 e. The van der Waals surface area contributed by atoms with Crippen LogP contribution in [0, 0.1) is 9.39 Å². The summed E-state index contributed by atoms with van der Waals surface area (Å²) in [6, 6.07) is 6.61. The lowest BCUT2D eigenvalue weighted by Crippen LogP contribution is -2.30. The molecular weight excluding hydrogens is 448 g/mol. The molecule has 10 heteroatoms. The van der Waals surface area contributed by atoms with E-state index in [2.05, 4.69) is 32.9 Å². The van der Waals surface area contributed by atoms with E-state index in [1.54, 1.807) is 24.3 Å². The van der Waals surface area contributed by atoms with Crippen molar-refractivity contribution >= 4 is 34.3 Å². The lowest BCUT2D eigenvalue weighted by atomic mass is 10.2. The number of aromatic nitrogens is 2. The predicted octanol–water partition coefficient (Wildman–Crippen LogP) is 1.10. The SMILES string of the molecule is O=C(Nc1nc(=O)n([C@H]2CO[C@@H](CO)O2)cc1F)c1ccc(I)cc1. The summed E-state index contributed by atoms with van der Waals surface area (Å²) in [6.07, 6.45) is -0.889. The van der Waals surface area contributed by atoms with E-state index in [-0.39, 0.29) is 13.2 Å². The van der Waals surface area contributed by atoms with E-state index in [4.69, 9.17) is 14.6 Å².